The Morgan fingerprint density at radius 2 is 1.79 bits per heavy atom. The van der Waals surface area contributed by atoms with Crippen LogP contribution in [-0.2, 0) is 11.3 Å². The molecule has 1 fully saturated rings. The lowest BCUT2D eigenvalue weighted by Gasteiger charge is -2.27. The van der Waals surface area contributed by atoms with Crippen molar-refractivity contribution < 1.29 is 4.74 Å². The van der Waals surface area contributed by atoms with Crippen molar-refractivity contribution in [3.63, 3.8) is 0 Å². The van der Waals surface area contributed by atoms with E-state index in [-0.39, 0.29) is 0 Å². The first-order valence-corrected chi connectivity index (χ1v) is 9.73. The Morgan fingerprint density at radius 3 is 2.46 bits per heavy atom. The highest BCUT2D eigenvalue weighted by atomic mass is 16.5. The molecule has 0 spiro atoms. The first-order valence-electron chi connectivity index (χ1n) is 9.73. The van der Waals surface area contributed by atoms with E-state index < -0.39 is 0 Å². The van der Waals surface area contributed by atoms with Gasteiger partial charge in [0.1, 0.15) is 0 Å². The van der Waals surface area contributed by atoms with Gasteiger partial charge in [0.25, 0.3) is 0 Å². The molecule has 5 heteroatoms. The highest BCUT2D eigenvalue weighted by Gasteiger charge is 2.14. The number of benzene rings is 2. The molecule has 1 saturated heterocycles. The van der Waals surface area contributed by atoms with Crippen molar-refractivity contribution in [2.24, 2.45) is 0 Å². The maximum absolute atomic E-state index is 9.23. The van der Waals surface area contributed by atoms with Gasteiger partial charge in [0, 0.05) is 36.3 Å². The number of pyridine rings is 1. The lowest BCUT2D eigenvalue weighted by molar-refractivity contribution is 0.0344. The average Bonchev–Trinajstić information content (AvgIpc) is 2.76. The number of nitrogen functional groups attached to an aromatic ring is 1. The van der Waals surface area contributed by atoms with Gasteiger partial charge in [-0.2, -0.15) is 5.26 Å². The Morgan fingerprint density at radius 1 is 1.07 bits per heavy atom. The SMILES string of the molecule is CC.N#Cc1ccc2c(CN3CCOCC3)cc(-c3ccc(N)cc3)nc2c1. The van der Waals surface area contributed by atoms with E-state index in [9.17, 15) is 5.26 Å². The lowest BCUT2D eigenvalue weighted by atomic mass is 10.0. The third-order valence-corrected chi connectivity index (χ3v) is 4.73. The summed E-state index contributed by atoms with van der Waals surface area (Å²) in [6.07, 6.45) is 0. The summed E-state index contributed by atoms with van der Waals surface area (Å²) in [7, 11) is 0. The van der Waals surface area contributed by atoms with Crippen LogP contribution in [0.3, 0.4) is 0 Å². The monoisotopic (exact) mass is 374 g/mol. The second-order valence-electron chi connectivity index (χ2n) is 6.52. The van der Waals surface area contributed by atoms with Gasteiger partial charge in [0.05, 0.1) is 36.1 Å². The molecule has 0 unspecified atom stereocenters. The normalized spacial score (nSPS) is 14.2. The molecule has 0 saturated carbocycles. The topological polar surface area (TPSA) is 75.2 Å². The maximum Gasteiger partial charge on any atom is 0.0992 e. The average molecular weight is 374 g/mol. The molecule has 1 aliphatic rings. The molecule has 0 bridgehead atoms. The molecule has 2 N–H and O–H groups in total. The molecule has 0 atom stereocenters. The zero-order valence-electron chi connectivity index (χ0n) is 16.5. The predicted molar refractivity (Wildman–Crippen MR) is 114 cm³/mol. The number of rotatable bonds is 3. The van der Waals surface area contributed by atoms with Crippen LogP contribution in [0.2, 0.25) is 0 Å². The summed E-state index contributed by atoms with van der Waals surface area (Å²) in [4.78, 5) is 7.19. The van der Waals surface area contributed by atoms with Gasteiger partial charge in [0.2, 0.25) is 0 Å². The van der Waals surface area contributed by atoms with E-state index in [1.54, 1.807) is 0 Å². The third-order valence-electron chi connectivity index (χ3n) is 4.73. The van der Waals surface area contributed by atoms with Crippen LogP contribution in [0.5, 0.6) is 0 Å². The minimum Gasteiger partial charge on any atom is -0.399 e. The summed E-state index contributed by atoms with van der Waals surface area (Å²) in [5, 5.41) is 10.3. The maximum atomic E-state index is 9.23. The van der Waals surface area contributed by atoms with E-state index in [1.807, 2.05) is 56.3 Å². The molecule has 0 amide bonds. The third kappa shape index (κ3) is 4.48. The van der Waals surface area contributed by atoms with Gasteiger partial charge in [-0.1, -0.05) is 32.0 Å². The molecule has 0 aliphatic carbocycles. The Kier molecular flexibility index (Phi) is 6.59. The highest BCUT2D eigenvalue weighted by molar-refractivity contribution is 5.86. The summed E-state index contributed by atoms with van der Waals surface area (Å²) in [5.41, 5.74) is 11.1. The zero-order valence-corrected chi connectivity index (χ0v) is 16.5. The largest absolute Gasteiger partial charge is 0.399 e. The summed E-state index contributed by atoms with van der Waals surface area (Å²) >= 11 is 0. The second kappa shape index (κ2) is 9.32. The van der Waals surface area contributed by atoms with E-state index in [1.165, 1.54) is 5.56 Å². The van der Waals surface area contributed by atoms with E-state index >= 15 is 0 Å². The first kappa shape index (κ1) is 19.8. The Balaban J connectivity index is 0.00000109. The molecule has 5 nitrogen and oxygen atoms in total. The minimum atomic E-state index is 0.622. The van der Waals surface area contributed by atoms with Crippen LogP contribution in [0.1, 0.15) is 25.0 Å². The van der Waals surface area contributed by atoms with Gasteiger partial charge >= 0.3 is 0 Å². The van der Waals surface area contributed by atoms with Crippen LogP contribution in [-0.4, -0.2) is 36.2 Å². The highest BCUT2D eigenvalue weighted by Crippen LogP contribution is 2.27. The number of ether oxygens (including phenoxy) is 1. The van der Waals surface area contributed by atoms with E-state index in [4.69, 9.17) is 15.5 Å². The number of fused-ring (bicyclic) bond motifs is 1. The van der Waals surface area contributed by atoms with E-state index in [2.05, 4.69) is 17.0 Å². The van der Waals surface area contributed by atoms with E-state index in [0.717, 1.165) is 60.7 Å². The molecule has 28 heavy (non-hydrogen) atoms. The van der Waals surface area contributed by atoms with Crippen molar-refractivity contribution in [1.82, 2.24) is 9.88 Å². The van der Waals surface area contributed by atoms with Crippen molar-refractivity contribution in [2.75, 3.05) is 32.0 Å². The Labute approximate surface area is 166 Å². The van der Waals surface area contributed by atoms with Crippen molar-refractivity contribution in [1.29, 1.82) is 5.26 Å². The molecular weight excluding hydrogens is 348 g/mol. The molecule has 1 aliphatic heterocycles. The van der Waals surface area contributed by atoms with Crippen molar-refractivity contribution in [3.05, 3.63) is 59.7 Å². The standard InChI is InChI=1S/C21H20N4O.C2H6/c22-13-15-1-6-19-17(14-25-7-9-26-10-8-25)12-20(24-21(19)11-15)16-2-4-18(23)5-3-16;1-2/h1-6,11-12H,7-10,14,23H2;1-2H3. The number of nitriles is 1. The number of hydrogen-bond donors (Lipinski definition) is 1. The summed E-state index contributed by atoms with van der Waals surface area (Å²) < 4.78 is 5.46. The molecule has 0 radical (unpaired) electrons. The summed E-state index contributed by atoms with van der Waals surface area (Å²) in [6.45, 7) is 8.24. The molecule has 2 heterocycles. The van der Waals surface area contributed by atoms with Crippen molar-refractivity contribution in [3.8, 4) is 17.3 Å². The molecular formula is C23H26N4O. The number of nitrogens with zero attached hydrogens (tertiary/aromatic N) is 3. The van der Waals surface area contributed by atoms with Gasteiger partial charge < -0.3 is 10.5 Å². The van der Waals surface area contributed by atoms with Crippen LogP contribution in [0.15, 0.2) is 48.5 Å². The number of anilines is 1. The Bertz CT molecular complexity index is 970. The van der Waals surface area contributed by atoms with Gasteiger partial charge in [-0.05, 0) is 35.9 Å². The predicted octanol–water partition coefficient (Wildman–Crippen LogP) is 4.21. The fourth-order valence-corrected chi connectivity index (χ4v) is 3.30. The van der Waals surface area contributed by atoms with Crippen molar-refractivity contribution >= 4 is 16.6 Å². The number of aromatic nitrogens is 1. The molecule has 3 aromatic rings. The zero-order chi connectivity index (χ0) is 19.9. The van der Waals surface area contributed by atoms with E-state index in [0.29, 0.717) is 5.56 Å². The summed E-state index contributed by atoms with van der Waals surface area (Å²) in [6, 6.07) is 17.8. The Hall–Kier alpha value is -2.94. The minimum absolute atomic E-state index is 0.622. The van der Waals surface area contributed by atoms with Gasteiger partial charge in [-0.15, -0.1) is 0 Å². The first-order chi connectivity index (χ1) is 13.7. The molecule has 2 aromatic carbocycles. The molecule has 4 rings (SSSR count). The van der Waals surface area contributed by atoms with Crippen LogP contribution in [0, 0.1) is 11.3 Å². The summed E-state index contributed by atoms with van der Waals surface area (Å²) in [5.74, 6) is 0. The van der Waals surface area contributed by atoms with Crippen LogP contribution >= 0.6 is 0 Å². The fraction of sp³-hybridized carbons (Fsp3) is 0.304. The molecule has 144 valence electrons. The molecule has 1 aromatic heterocycles. The van der Waals surface area contributed by atoms with Crippen LogP contribution in [0.4, 0.5) is 5.69 Å². The quantitative estimate of drug-likeness (QED) is 0.695. The number of hydrogen-bond acceptors (Lipinski definition) is 5. The smallest absolute Gasteiger partial charge is 0.0992 e. The van der Waals surface area contributed by atoms with Gasteiger partial charge in [-0.25, -0.2) is 4.98 Å². The fourth-order valence-electron chi connectivity index (χ4n) is 3.30. The lowest BCUT2D eigenvalue weighted by Crippen LogP contribution is -2.35. The van der Waals surface area contributed by atoms with Crippen LogP contribution < -0.4 is 5.73 Å². The van der Waals surface area contributed by atoms with Crippen LogP contribution in [0.25, 0.3) is 22.2 Å². The van der Waals surface area contributed by atoms with Gasteiger partial charge in [0.15, 0.2) is 0 Å². The van der Waals surface area contributed by atoms with Crippen molar-refractivity contribution in [2.45, 2.75) is 20.4 Å². The van der Waals surface area contributed by atoms with Gasteiger partial charge in [-0.3, -0.25) is 4.90 Å². The second-order valence-corrected chi connectivity index (χ2v) is 6.52. The number of morpholine rings is 1. The number of nitrogens with two attached hydrogens (primary N) is 1.